The number of esters is 1. The number of ether oxygens (including phenoxy) is 2. The topological polar surface area (TPSA) is 72.8 Å². The Morgan fingerprint density at radius 3 is 2.67 bits per heavy atom. The highest BCUT2D eigenvalue weighted by atomic mass is 16.7. The summed E-state index contributed by atoms with van der Waals surface area (Å²) in [6.07, 6.45) is 1.38. The molecule has 0 aromatic heterocycles. The van der Waals surface area contributed by atoms with E-state index in [4.69, 9.17) is 9.84 Å². The molecule has 1 unspecified atom stereocenters. The zero-order chi connectivity index (χ0) is 11.7. The van der Waals surface area contributed by atoms with Crippen molar-refractivity contribution in [3.8, 4) is 0 Å². The van der Waals surface area contributed by atoms with Gasteiger partial charge < -0.3 is 14.6 Å². The van der Waals surface area contributed by atoms with E-state index in [0.29, 0.717) is 6.42 Å². The van der Waals surface area contributed by atoms with Crippen molar-refractivity contribution in [3.63, 3.8) is 0 Å². The van der Waals surface area contributed by atoms with Crippen molar-refractivity contribution in [2.75, 3.05) is 6.61 Å². The van der Waals surface area contributed by atoms with Gasteiger partial charge in [-0.2, -0.15) is 0 Å². The Morgan fingerprint density at radius 2 is 2.20 bits per heavy atom. The molecule has 0 radical (unpaired) electrons. The lowest BCUT2D eigenvalue weighted by Gasteiger charge is -2.14. The summed E-state index contributed by atoms with van der Waals surface area (Å²) in [4.78, 5) is 21.0. The van der Waals surface area contributed by atoms with Gasteiger partial charge in [0.2, 0.25) is 0 Å². The predicted octanol–water partition coefficient (Wildman–Crippen LogP) is 1.97. The van der Waals surface area contributed by atoms with Crippen LogP contribution in [0.25, 0.3) is 0 Å². The van der Waals surface area contributed by atoms with Gasteiger partial charge in [0.05, 0.1) is 0 Å². The fourth-order valence-corrected chi connectivity index (χ4v) is 0.985. The molecule has 0 aliphatic heterocycles. The third-order valence-electron chi connectivity index (χ3n) is 1.73. The molecule has 0 aromatic rings. The van der Waals surface area contributed by atoms with Crippen molar-refractivity contribution in [3.05, 3.63) is 12.7 Å². The molecule has 0 bridgehead atoms. The van der Waals surface area contributed by atoms with E-state index in [0.717, 1.165) is 18.9 Å². The van der Waals surface area contributed by atoms with E-state index < -0.39 is 18.2 Å². The molecule has 1 atom stereocenters. The summed E-state index contributed by atoms with van der Waals surface area (Å²) in [5.41, 5.74) is 0. The number of rotatable bonds is 7. The third kappa shape index (κ3) is 7.54. The van der Waals surface area contributed by atoms with E-state index in [1.54, 1.807) is 0 Å². The highest BCUT2D eigenvalue weighted by Gasteiger charge is 2.14. The van der Waals surface area contributed by atoms with Crippen LogP contribution in [0.4, 0.5) is 4.79 Å². The highest BCUT2D eigenvalue weighted by molar-refractivity contribution is 5.81. The summed E-state index contributed by atoms with van der Waals surface area (Å²) in [6.45, 7) is 5.15. The zero-order valence-corrected chi connectivity index (χ0v) is 8.77. The van der Waals surface area contributed by atoms with Gasteiger partial charge in [-0.1, -0.05) is 19.9 Å². The van der Waals surface area contributed by atoms with Gasteiger partial charge in [0.1, 0.15) is 12.7 Å². The second kappa shape index (κ2) is 7.84. The smallest absolute Gasteiger partial charge is 0.459 e. The Morgan fingerprint density at radius 1 is 1.53 bits per heavy atom. The first-order valence-corrected chi connectivity index (χ1v) is 4.79. The van der Waals surface area contributed by atoms with Crippen LogP contribution in [0.5, 0.6) is 0 Å². The van der Waals surface area contributed by atoms with E-state index in [2.05, 4.69) is 11.3 Å². The van der Waals surface area contributed by atoms with Crippen LogP contribution in [0.2, 0.25) is 0 Å². The summed E-state index contributed by atoms with van der Waals surface area (Å²) in [5.74, 6) is -0.578. The van der Waals surface area contributed by atoms with Crippen LogP contribution in [0.1, 0.15) is 26.2 Å². The Balaban J connectivity index is 3.93. The summed E-state index contributed by atoms with van der Waals surface area (Å²) < 4.78 is 9.26. The van der Waals surface area contributed by atoms with E-state index in [1.165, 1.54) is 0 Å². The van der Waals surface area contributed by atoms with Crippen molar-refractivity contribution >= 4 is 12.1 Å². The van der Waals surface area contributed by atoms with Crippen LogP contribution < -0.4 is 0 Å². The summed E-state index contributed by atoms with van der Waals surface area (Å²) in [5, 5.41) is 8.42. The van der Waals surface area contributed by atoms with Gasteiger partial charge in [-0.05, 0) is 12.8 Å². The Hall–Kier alpha value is -1.52. The first-order chi connectivity index (χ1) is 7.10. The van der Waals surface area contributed by atoms with E-state index in [-0.39, 0.29) is 6.61 Å². The van der Waals surface area contributed by atoms with E-state index in [1.807, 2.05) is 6.92 Å². The zero-order valence-electron chi connectivity index (χ0n) is 8.77. The molecule has 0 aliphatic rings. The normalized spacial score (nSPS) is 11.5. The molecule has 0 amide bonds. The highest BCUT2D eigenvalue weighted by Crippen LogP contribution is 2.06. The molecule has 0 spiro atoms. The first kappa shape index (κ1) is 13.5. The molecule has 0 heterocycles. The van der Waals surface area contributed by atoms with Crippen LogP contribution in [-0.4, -0.2) is 29.9 Å². The van der Waals surface area contributed by atoms with Crippen molar-refractivity contribution in [1.29, 1.82) is 0 Å². The first-order valence-electron chi connectivity index (χ1n) is 4.79. The predicted molar refractivity (Wildman–Crippen MR) is 53.6 cm³/mol. The molecule has 15 heavy (non-hydrogen) atoms. The standard InChI is InChI=1S/C10H16O5/c1-3-5-6-8(15-10(12)13)7-14-9(11)4-2/h4,8H,2-3,5-7H2,1H3,(H,12,13). The minimum absolute atomic E-state index is 0.0584. The fraction of sp³-hybridized carbons (Fsp3) is 0.600. The lowest BCUT2D eigenvalue weighted by atomic mass is 10.2. The number of unbranched alkanes of at least 4 members (excludes halogenated alkanes) is 1. The quantitative estimate of drug-likeness (QED) is 0.520. The Kier molecular flexibility index (Phi) is 7.05. The fourth-order valence-electron chi connectivity index (χ4n) is 0.985. The molecule has 0 saturated carbocycles. The lowest BCUT2D eigenvalue weighted by molar-refractivity contribution is -0.141. The van der Waals surface area contributed by atoms with Crippen LogP contribution in [-0.2, 0) is 14.3 Å². The maximum atomic E-state index is 10.7. The van der Waals surface area contributed by atoms with E-state index >= 15 is 0 Å². The number of carboxylic acid groups (broad SMARTS) is 1. The van der Waals surface area contributed by atoms with Gasteiger partial charge in [0.15, 0.2) is 0 Å². The number of carbonyl (C=O) groups excluding carboxylic acids is 1. The molecule has 0 saturated heterocycles. The van der Waals surface area contributed by atoms with Crippen molar-refractivity contribution in [2.24, 2.45) is 0 Å². The van der Waals surface area contributed by atoms with E-state index in [9.17, 15) is 9.59 Å². The summed E-state index contributed by atoms with van der Waals surface area (Å²) >= 11 is 0. The molecule has 5 heteroatoms. The Labute approximate surface area is 88.7 Å². The molecule has 0 fully saturated rings. The molecule has 0 aliphatic carbocycles. The van der Waals surface area contributed by atoms with Gasteiger partial charge >= 0.3 is 12.1 Å². The van der Waals surface area contributed by atoms with Gasteiger partial charge in [0.25, 0.3) is 0 Å². The Bertz CT molecular complexity index is 224. The SMILES string of the molecule is C=CC(=O)OCC(CCCC)OC(=O)O. The van der Waals surface area contributed by atoms with Crippen LogP contribution in [0.3, 0.4) is 0 Å². The lowest BCUT2D eigenvalue weighted by Crippen LogP contribution is -2.24. The molecule has 86 valence electrons. The maximum Gasteiger partial charge on any atom is 0.506 e. The number of hydrogen-bond acceptors (Lipinski definition) is 4. The van der Waals surface area contributed by atoms with Crippen LogP contribution >= 0.6 is 0 Å². The average Bonchev–Trinajstić information content (AvgIpc) is 2.20. The average molecular weight is 216 g/mol. The van der Waals surface area contributed by atoms with Gasteiger partial charge in [-0.3, -0.25) is 0 Å². The molecule has 5 nitrogen and oxygen atoms in total. The monoisotopic (exact) mass is 216 g/mol. The maximum absolute atomic E-state index is 10.7. The third-order valence-corrected chi connectivity index (χ3v) is 1.73. The van der Waals surface area contributed by atoms with Gasteiger partial charge in [0, 0.05) is 6.08 Å². The van der Waals surface area contributed by atoms with Gasteiger partial charge in [-0.25, -0.2) is 9.59 Å². The molecule has 1 N–H and O–H groups in total. The second-order valence-corrected chi connectivity index (χ2v) is 2.98. The van der Waals surface area contributed by atoms with Crippen molar-refractivity contribution < 1.29 is 24.2 Å². The summed E-state index contributed by atoms with van der Waals surface area (Å²) in [7, 11) is 0. The van der Waals surface area contributed by atoms with Crippen LogP contribution in [0, 0.1) is 0 Å². The minimum atomic E-state index is -1.36. The molecular weight excluding hydrogens is 200 g/mol. The number of carbonyl (C=O) groups is 2. The molecule has 0 rings (SSSR count). The minimum Gasteiger partial charge on any atom is -0.459 e. The second-order valence-electron chi connectivity index (χ2n) is 2.98. The molecular formula is C10H16O5. The van der Waals surface area contributed by atoms with Gasteiger partial charge in [-0.15, -0.1) is 0 Å². The molecule has 0 aromatic carbocycles. The number of hydrogen-bond donors (Lipinski definition) is 1. The van der Waals surface area contributed by atoms with Crippen molar-refractivity contribution in [2.45, 2.75) is 32.3 Å². The largest absolute Gasteiger partial charge is 0.506 e. The van der Waals surface area contributed by atoms with Crippen molar-refractivity contribution in [1.82, 2.24) is 0 Å². The summed E-state index contributed by atoms with van der Waals surface area (Å²) in [6, 6.07) is 0. The van der Waals surface area contributed by atoms with Crippen LogP contribution in [0.15, 0.2) is 12.7 Å².